The third-order valence-electron chi connectivity index (χ3n) is 3.33. The van der Waals surface area contributed by atoms with E-state index in [2.05, 4.69) is 5.32 Å². The Kier molecular flexibility index (Phi) is 5.39. The normalized spacial score (nSPS) is 11.0. The molecule has 0 atom stereocenters. The topological polar surface area (TPSA) is 72.5 Å². The SMILES string of the molecule is COc1cccc(NC(=O)CCS(=O)(=O)c2ccc(C)cc2)c1. The molecule has 0 aliphatic rings. The molecule has 2 rings (SSSR count). The van der Waals surface area contributed by atoms with Crippen molar-refractivity contribution < 1.29 is 17.9 Å². The lowest BCUT2D eigenvalue weighted by Crippen LogP contribution is -2.17. The summed E-state index contributed by atoms with van der Waals surface area (Å²) in [5, 5.41) is 2.67. The van der Waals surface area contributed by atoms with Crippen molar-refractivity contribution in [3.05, 3.63) is 54.1 Å². The molecule has 0 saturated carbocycles. The van der Waals surface area contributed by atoms with Crippen molar-refractivity contribution in [2.45, 2.75) is 18.2 Å². The van der Waals surface area contributed by atoms with Gasteiger partial charge in [-0.25, -0.2) is 8.42 Å². The van der Waals surface area contributed by atoms with Gasteiger partial charge in [-0.15, -0.1) is 0 Å². The largest absolute Gasteiger partial charge is 0.497 e. The highest BCUT2D eigenvalue weighted by atomic mass is 32.2. The fourth-order valence-electron chi connectivity index (χ4n) is 2.01. The van der Waals surface area contributed by atoms with Crippen LogP contribution in [0.1, 0.15) is 12.0 Å². The van der Waals surface area contributed by atoms with Crippen molar-refractivity contribution in [2.24, 2.45) is 0 Å². The Morgan fingerprint density at radius 3 is 2.48 bits per heavy atom. The van der Waals surface area contributed by atoms with Gasteiger partial charge in [0, 0.05) is 18.2 Å². The molecule has 0 radical (unpaired) electrons. The lowest BCUT2D eigenvalue weighted by molar-refractivity contribution is -0.115. The molecular weight excluding hydrogens is 314 g/mol. The summed E-state index contributed by atoms with van der Waals surface area (Å²) in [4.78, 5) is 12.2. The van der Waals surface area contributed by atoms with E-state index in [1.807, 2.05) is 6.92 Å². The molecule has 0 aliphatic carbocycles. The van der Waals surface area contributed by atoms with Gasteiger partial charge in [0.15, 0.2) is 9.84 Å². The summed E-state index contributed by atoms with van der Waals surface area (Å²) in [6.45, 7) is 1.89. The smallest absolute Gasteiger partial charge is 0.225 e. The first-order chi connectivity index (χ1) is 10.9. The third kappa shape index (κ3) is 4.82. The van der Waals surface area contributed by atoms with Crippen LogP contribution >= 0.6 is 0 Å². The van der Waals surface area contributed by atoms with Crippen LogP contribution in [0, 0.1) is 6.92 Å². The second-order valence-corrected chi connectivity index (χ2v) is 7.27. The predicted octanol–water partition coefficient (Wildman–Crippen LogP) is 2.81. The molecule has 2 aromatic carbocycles. The van der Waals surface area contributed by atoms with Gasteiger partial charge in [-0.1, -0.05) is 23.8 Å². The molecule has 6 heteroatoms. The van der Waals surface area contributed by atoms with Crippen LogP contribution in [0.3, 0.4) is 0 Å². The summed E-state index contributed by atoms with van der Waals surface area (Å²) < 4.78 is 29.5. The minimum absolute atomic E-state index is 0.104. The molecule has 0 spiro atoms. The molecule has 1 N–H and O–H groups in total. The monoisotopic (exact) mass is 333 g/mol. The van der Waals surface area contributed by atoms with Gasteiger partial charge in [0.1, 0.15) is 5.75 Å². The fraction of sp³-hybridized carbons (Fsp3) is 0.235. The number of anilines is 1. The number of carbonyl (C=O) groups is 1. The molecule has 0 fully saturated rings. The highest BCUT2D eigenvalue weighted by molar-refractivity contribution is 7.91. The van der Waals surface area contributed by atoms with Gasteiger partial charge in [-0.3, -0.25) is 4.79 Å². The first-order valence-corrected chi connectivity index (χ1v) is 8.79. The third-order valence-corrected chi connectivity index (χ3v) is 5.06. The summed E-state index contributed by atoms with van der Waals surface area (Å²) in [6, 6.07) is 13.5. The number of sulfone groups is 1. The average Bonchev–Trinajstić information content (AvgIpc) is 2.54. The Morgan fingerprint density at radius 1 is 1.13 bits per heavy atom. The molecule has 1 amide bonds. The molecule has 0 heterocycles. The van der Waals surface area contributed by atoms with Crippen LogP contribution in [0.5, 0.6) is 5.75 Å². The van der Waals surface area contributed by atoms with Gasteiger partial charge >= 0.3 is 0 Å². The van der Waals surface area contributed by atoms with E-state index in [0.717, 1.165) is 5.56 Å². The Morgan fingerprint density at radius 2 is 1.83 bits per heavy atom. The molecule has 0 aliphatic heterocycles. The summed E-state index contributed by atoms with van der Waals surface area (Å²) in [6.07, 6.45) is -0.104. The number of aryl methyl sites for hydroxylation is 1. The van der Waals surface area contributed by atoms with Crippen molar-refractivity contribution in [3.63, 3.8) is 0 Å². The molecule has 5 nitrogen and oxygen atoms in total. The minimum atomic E-state index is -3.46. The molecule has 0 saturated heterocycles. The molecule has 23 heavy (non-hydrogen) atoms. The summed E-state index contributed by atoms with van der Waals surface area (Å²) >= 11 is 0. The highest BCUT2D eigenvalue weighted by Gasteiger charge is 2.16. The number of carbonyl (C=O) groups excluding carboxylic acids is 1. The van der Waals surface area contributed by atoms with Crippen molar-refractivity contribution in [2.75, 3.05) is 18.2 Å². The first-order valence-electron chi connectivity index (χ1n) is 7.14. The van der Waals surface area contributed by atoms with Gasteiger partial charge in [0.2, 0.25) is 5.91 Å². The first kappa shape index (κ1) is 17.0. The number of hydrogen-bond acceptors (Lipinski definition) is 4. The zero-order chi connectivity index (χ0) is 16.9. The Hall–Kier alpha value is -2.34. The van der Waals surface area contributed by atoms with E-state index in [0.29, 0.717) is 11.4 Å². The van der Waals surface area contributed by atoms with E-state index in [-0.39, 0.29) is 23.0 Å². The number of hydrogen-bond donors (Lipinski definition) is 1. The second kappa shape index (κ2) is 7.28. The van der Waals surface area contributed by atoms with Crippen molar-refractivity contribution in [1.82, 2.24) is 0 Å². The maximum atomic E-state index is 12.2. The number of methoxy groups -OCH3 is 1. The van der Waals surface area contributed by atoms with E-state index in [1.54, 1.807) is 48.5 Å². The van der Waals surface area contributed by atoms with Crippen LogP contribution in [0.15, 0.2) is 53.4 Å². The lowest BCUT2D eigenvalue weighted by atomic mass is 10.2. The van der Waals surface area contributed by atoms with Crippen molar-refractivity contribution in [3.8, 4) is 5.75 Å². The fourth-order valence-corrected chi connectivity index (χ4v) is 3.26. The lowest BCUT2D eigenvalue weighted by Gasteiger charge is -2.08. The number of nitrogens with one attached hydrogen (secondary N) is 1. The zero-order valence-corrected chi connectivity index (χ0v) is 13.9. The quantitative estimate of drug-likeness (QED) is 0.882. The number of ether oxygens (including phenoxy) is 1. The Labute approximate surface area is 136 Å². The summed E-state index contributed by atoms with van der Waals surface area (Å²) in [5.74, 6) is 0.0373. The van der Waals surface area contributed by atoms with Gasteiger partial charge in [0.25, 0.3) is 0 Å². The van der Waals surface area contributed by atoms with E-state index < -0.39 is 9.84 Å². The number of rotatable bonds is 6. The van der Waals surface area contributed by atoms with Crippen LogP contribution in [-0.4, -0.2) is 27.2 Å². The minimum Gasteiger partial charge on any atom is -0.497 e. The Bertz CT molecular complexity index is 782. The highest BCUT2D eigenvalue weighted by Crippen LogP contribution is 2.17. The maximum absolute atomic E-state index is 12.2. The molecule has 0 bridgehead atoms. The Balaban J connectivity index is 1.96. The van der Waals surface area contributed by atoms with Crippen LogP contribution in [0.25, 0.3) is 0 Å². The zero-order valence-electron chi connectivity index (χ0n) is 13.1. The van der Waals surface area contributed by atoms with Crippen LogP contribution in [-0.2, 0) is 14.6 Å². The number of benzene rings is 2. The van der Waals surface area contributed by atoms with Crippen LogP contribution in [0.2, 0.25) is 0 Å². The molecule has 0 aromatic heterocycles. The second-order valence-electron chi connectivity index (χ2n) is 5.16. The molecular formula is C17H19NO4S. The predicted molar refractivity (Wildman–Crippen MR) is 89.5 cm³/mol. The molecule has 122 valence electrons. The van der Waals surface area contributed by atoms with Gasteiger partial charge in [0.05, 0.1) is 17.8 Å². The maximum Gasteiger partial charge on any atom is 0.225 e. The average molecular weight is 333 g/mol. The van der Waals surface area contributed by atoms with Crippen molar-refractivity contribution in [1.29, 1.82) is 0 Å². The number of amides is 1. The standard InChI is InChI=1S/C17H19NO4S/c1-13-6-8-16(9-7-13)23(20,21)11-10-17(19)18-14-4-3-5-15(12-14)22-2/h3-9,12H,10-11H2,1-2H3,(H,18,19). The van der Waals surface area contributed by atoms with E-state index in [1.165, 1.54) is 7.11 Å². The van der Waals surface area contributed by atoms with E-state index >= 15 is 0 Å². The molecule has 2 aromatic rings. The van der Waals surface area contributed by atoms with Crippen LogP contribution in [0.4, 0.5) is 5.69 Å². The summed E-state index contributed by atoms with van der Waals surface area (Å²) in [7, 11) is -1.93. The van der Waals surface area contributed by atoms with Gasteiger partial charge in [-0.05, 0) is 31.2 Å². The van der Waals surface area contributed by atoms with Gasteiger partial charge in [-0.2, -0.15) is 0 Å². The van der Waals surface area contributed by atoms with Crippen molar-refractivity contribution >= 4 is 21.4 Å². The van der Waals surface area contributed by atoms with E-state index in [9.17, 15) is 13.2 Å². The van der Waals surface area contributed by atoms with Gasteiger partial charge < -0.3 is 10.1 Å². The summed E-state index contributed by atoms with van der Waals surface area (Å²) in [5.41, 5.74) is 1.56. The molecule has 0 unspecified atom stereocenters. The van der Waals surface area contributed by atoms with Crippen LogP contribution < -0.4 is 10.1 Å². The van der Waals surface area contributed by atoms with E-state index in [4.69, 9.17) is 4.74 Å².